The van der Waals surface area contributed by atoms with E-state index in [2.05, 4.69) is 5.32 Å². The van der Waals surface area contributed by atoms with E-state index in [1.165, 1.54) is 0 Å². The Hall–Kier alpha value is -1.06. The van der Waals surface area contributed by atoms with Gasteiger partial charge < -0.3 is 10.4 Å². The first-order valence-corrected chi connectivity index (χ1v) is 4.65. The summed E-state index contributed by atoms with van der Waals surface area (Å²) >= 11 is 0. The van der Waals surface area contributed by atoms with Gasteiger partial charge in [-0.1, -0.05) is 0 Å². The molecule has 72 valence electrons. The molecule has 0 radical (unpaired) electrons. The number of hydrogen-bond donors (Lipinski definition) is 2. The van der Waals surface area contributed by atoms with E-state index in [0.29, 0.717) is 19.3 Å². The first-order valence-electron chi connectivity index (χ1n) is 4.65. The molecule has 1 saturated heterocycles. The van der Waals surface area contributed by atoms with Crippen molar-refractivity contribution in [3.63, 3.8) is 0 Å². The number of rotatable bonds is 1. The van der Waals surface area contributed by atoms with Crippen LogP contribution in [0.3, 0.4) is 0 Å². The zero-order valence-corrected chi connectivity index (χ0v) is 7.38. The highest BCUT2D eigenvalue weighted by atomic mass is 16.4. The zero-order chi connectivity index (χ0) is 9.47. The van der Waals surface area contributed by atoms with Crippen LogP contribution in [-0.2, 0) is 9.59 Å². The molecule has 0 aromatic rings. The number of aliphatic carboxylic acids is 1. The van der Waals surface area contributed by atoms with Crippen molar-refractivity contribution in [1.82, 2.24) is 5.32 Å². The second-order valence-electron chi connectivity index (χ2n) is 4.13. The van der Waals surface area contributed by atoms with E-state index < -0.39 is 5.97 Å². The molecule has 1 spiro atoms. The van der Waals surface area contributed by atoms with E-state index >= 15 is 0 Å². The van der Waals surface area contributed by atoms with Crippen LogP contribution in [0.25, 0.3) is 0 Å². The Kier molecular flexibility index (Phi) is 1.78. The third-order valence-corrected chi connectivity index (χ3v) is 3.09. The van der Waals surface area contributed by atoms with E-state index in [-0.39, 0.29) is 17.4 Å². The average molecular weight is 183 g/mol. The van der Waals surface area contributed by atoms with Crippen LogP contribution in [0, 0.1) is 5.92 Å². The molecule has 0 aromatic heterocycles. The standard InChI is InChI=1S/C9H13NO3/c11-7-2-1-3-9(10-7)4-6(5-9)8(12)13/h6H,1-5H2,(H,10,11)(H,12,13). The lowest BCUT2D eigenvalue weighted by atomic mass is 9.64. The van der Waals surface area contributed by atoms with Crippen molar-refractivity contribution in [2.45, 2.75) is 37.6 Å². The van der Waals surface area contributed by atoms with Gasteiger partial charge in [-0.3, -0.25) is 9.59 Å². The molecule has 2 N–H and O–H groups in total. The van der Waals surface area contributed by atoms with Crippen LogP contribution in [-0.4, -0.2) is 22.5 Å². The summed E-state index contributed by atoms with van der Waals surface area (Å²) in [6, 6.07) is 0. The molecule has 0 bridgehead atoms. The molecule has 2 fully saturated rings. The van der Waals surface area contributed by atoms with Gasteiger partial charge in [-0.15, -0.1) is 0 Å². The van der Waals surface area contributed by atoms with Crippen molar-refractivity contribution in [3.8, 4) is 0 Å². The Labute approximate surface area is 76.3 Å². The van der Waals surface area contributed by atoms with Gasteiger partial charge in [0.2, 0.25) is 5.91 Å². The van der Waals surface area contributed by atoms with Crippen LogP contribution in [0.4, 0.5) is 0 Å². The van der Waals surface area contributed by atoms with Crippen molar-refractivity contribution in [1.29, 1.82) is 0 Å². The minimum absolute atomic E-state index is 0.0788. The Morgan fingerprint density at radius 1 is 1.54 bits per heavy atom. The second-order valence-corrected chi connectivity index (χ2v) is 4.13. The molecule has 1 saturated carbocycles. The first kappa shape index (κ1) is 8.53. The van der Waals surface area contributed by atoms with Gasteiger partial charge >= 0.3 is 5.97 Å². The summed E-state index contributed by atoms with van der Waals surface area (Å²) in [5.74, 6) is -0.890. The van der Waals surface area contributed by atoms with Gasteiger partial charge in [-0.05, 0) is 25.7 Å². The molecule has 1 aliphatic heterocycles. The number of carboxylic acids is 1. The number of hydrogen-bond acceptors (Lipinski definition) is 2. The summed E-state index contributed by atoms with van der Waals surface area (Å²) in [4.78, 5) is 21.7. The topological polar surface area (TPSA) is 66.4 Å². The molecule has 1 aliphatic carbocycles. The Balaban J connectivity index is 1.95. The summed E-state index contributed by atoms with van der Waals surface area (Å²) < 4.78 is 0. The van der Waals surface area contributed by atoms with Crippen LogP contribution in [0.2, 0.25) is 0 Å². The zero-order valence-electron chi connectivity index (χ0n) is 7.38. The quantitative estimate of drug-likeness (QED) is 0.622. The molecular formula is C9H13NO3. The second kappa shape index (κ2) is 2.72. The van der Waals surface area contributed by atoms with Crippen LogP contribution < -0.4 is 5.32 Å². The third kappa shape index (κ3) is 1.41. The SMILES string of the molecule is O=C1CCCC2(CC(C(=O)O)C2)N1. The van der Waals surface area contributed by atoms with Crippen LogP contribution in [0.1, 0.15) is 32.1 Å². The van der Waals surface area contributed by atoms with Crippen LogP contribution in [0.15, 0.2) is 0 Å². The minimum atomic E-state index is -0.731. The first-order chi connectivity index (χ1) is 6.11. The third-order valence-electron chi connectivity index (χ3n) is 3.09. The molecule has 0 unspecified atom stereocenters. The number of carbonyl (C=O) groups excluding carboxylic acids is 1. The Morgan fingerprint density at radius 2 is 2.23 bits per heavy atom. The van der Waals surface area contributed by atoms with Gasteiger partial charge in [0.25, 0.3) is 0 Å². The molecule has 1 heterocycles. The van der Waals surface area contributed by atoms with Gasteiger partial charge in [0, 0.05) is 12.0 Å². The van der Waals surface area contributed by atoms with E-state index in [0.717, 1.165) is 12.8 Å². The van der Waals surface area contributed by atoms with Crippen molar-refractivity contribution in [2.75, 3.05) is 0 Å². The molecule has 2 rings (SSSR count). The summed E-state index contributed by atoms with van der Waals surface area (Å²) in [6.07, 6.45) is 3.68. The Bertz CT molecular complexity index is 256. The van der Waals surface area contributed by atoms with Crippen molar-refractivity contribution < 1.29 is 14.7 Å². The molecular weight excluding hydrogens is 170 g/mol. The highest BCUT2D eigenvalue weighted by molar-refractivity contribution is 5.79. The summed E-state index contributed by atoms with van der Waals surface area (Å²) in [5, 5.41) is 11.6. The fourth-order valence-corrected chi connectivity index (χ4v) is 2.37. The van der Waals surface area contributed by atoms with E-state index in [4.69, 9.17) is 5.11 Å². The van der Waals surface area contributed by atoms with E-state index in [1.54, 1.807) is 0 Å². The largest absolute Gasteiger partial charge is 0.481 e. The lowest BCUT2D eigenvalue weighted by Gasteiger charge is -2.48. The minimum Gasteiger partial charge on any atom is -0.481 e. The highest BCUT2D eigenvalue weighted by Crippen LogP contribution is 2.43. The lowest BCUT2D eigenvalue weighted by Crippen LogP contribution is -2.60. The predicted molar refractivity (Wildman–Crippen MR) is 45.1 cm³/mol. The molecule has 4 heteroatoms. The van der Waals surface area contributed by atoms with Gasteiger partial charge in [-0.25, -0.2) is 0 Å². The van der Waals surface area contributed by atoms with Gasteiger partial charge in [-0.2, -0.15) is 0 Å². The maximum Gasteiger partial charge on any atom is 0.306 e. The number of carbonyl (C=O) groups is 2. The normalized spacial score (nSPS) is 38.2. The van der Waals surface area contributed by atoms with Gasteiger partial charge in [0.15, 0.2) is 0 Å². The van der Waals surface area contributed by atoms with Crippen molar-refractivity contribution in [3.05, 3.63) is 0 Å². The predicted octanol–water partition coefficient (Wildman–Crippen LogP) is 0.520. The lowest BCUT2D eigenvalue weighted by molar-refractivity contribution is -0.150. The average Bonchev–Trinajstić information content (AvgIpc) is 1.99. The maximum absolute atomic E-state index is 11.1. The Morgan fingerprint density at radius 3 is 2.77 bits per heavy atom. The van der Waals surface area contributed by atoms with Gasteiger partial charge in [0.05, 0.1) is 5.92 Å². The highest BCUT2D eigenvalue weighted by Gasteiger charge is 2.49. The fourth-order valence-electron chi connectivity index (χ4n) is 2.37. The molecule has 0 aromatic carbocycles. The molecule has 1 amide bonds. The van der Waals surface area contributed by atoms with E-state index in [1.807, 2.05) is 0 Å². The summed E-state index contributed by atoms with van der Waals surface area (Å²) in [5.41, 5.74) is -0.154. The number of amides is 1. The van der Waals surface area contributed by atoms with Crippen molar-refractivity contribution in [2.24, 2.45) is 5.92 Å². The maximum atomic E-state index is 11.1. The van der Waals surface area contributed by atoms with Gasteiger partial charge in [0.1, 0.15) is 0 Å². The number of carboxylic acid groups (broad SMARTS) is 1. The smallest absolute Gasteiger partial charge is 0.306 e. The fraction of sp³-hybridized carbons (Fsp3) is 0.778. The molecule has 13 heavy (non-hydrogen) atoms. The van der Waals surface area contributed by atoms with Crippen LogP contribution >= 0.6 is 0 Å². The van der Waals surface area contributed by atoms with Crippen molar-refractivity contribution >= 4 is 11.9 Å². The molecule has 4 nitrogen and oxygen atoms in total. The number of nitrogens with one attached hydrogen (secondary N) is 1. The van der Waals surface area contributed by atoms with E-state index in [9.17, 15) is 9.59 Å². The summed E-state index contributed by atoms with van der Waals surface area (Å²) in [7, 11) is 0. The summed E-state index contributed by atoms with van der Waals surface area (Å²) in [6.45, 7) is 0. The monoisotopic (exact) mass is 183 g/mol. The molecule has 2 aliphatic rings. The molecule has 0 atom stereocenters. The number of piperidine rings is 1. The van der Waals surface area contributed by atoms with Crippen LogP contribution in [0.5, 0.6) is 0 Å².